The van der Waals surface area contributed by atoms with Crippen LogP contribution in [-0.2, 0) is 21.5 Å². The third kappa shape index (κ3) is 8.61. The molecule has 0 saturated heterocycles. The summed E-state index contributed by atoms with van der Waals surface area (Å²) in [6.07, 6.45) is 1.95. The first-order chi connectivity index (χ1) is 18.9. The largest absolute Gasteiger partial charge is 0.455 e. The highest BCUT2D eigenvalue weighted by atomic mass is 35.5. The molecule has 0 atom stereocenters. The first-order valence-corrected chi connectivity index (χ1v) is 13.9. The van der Waals surface area contributed by atoms with E-state index in [0.717, 1.165) is 6.21 Å². The Bertz CT molecular complexity index is 1630. The maximum absolute atomic E-state index is 12.4. The zero-order valence-electron chi connectivity index (χ0n) is 20.7. The van der Waals surface area contributed by atoms with Crippen molar-refractivity contribution in [2.75, 3.05) is 18.1 Å². The Kier molecular flexibility index (Phi) is 10.4. The van der Waals surface area contributed by atoms with E-state index in [0.29, 0.717) is 55.8 Å². The highest BCUT2D eigenvalue weighted by molar-refractivity contribution is 7.85. The van der Waals surface area contributed by atoms with Gasteiger partial charge in [0.2, 0.25) is 0 Å². The number of ether oxygens (including phenoxy) is 1. The van der Waals surface area contributed by atoms with E-state index in [9.17, 15) is 22.0 Å². The fourth-order valence-corrected chi connectivity index (χ4v) is 3.85. The molecule has 0 aliphatic heterocycles. The molecule has 1 amide bonds. The van der Waals surface area contributed by atoms with E-state index >= 15 is 0 Å². The summed E-state index contributed by atoms with van der Waals surface area (Å²) in [6, 6.07) is 12.1. The number of amides is 1. The lowest BCUT2D eigenvalue weighted by Crippen LogP contribution is -2.32. The lowest BCUT2D eigenvalue weighted by atomic mass is 10.2. The van der Waals surface area contributed by atoms with Gasteiger partial charge in [0.1, 0.15) is 23.3 Å². The van der Waals surface area contributed by atoms with Crippen molar-refractivity contribution in [3.05, 3.63) is 65.6 Å². The second kappa shape index (κ2) is 13.5. The van der Waals surface area contributed by atoms with Gasteiger partial charge in [0.15, 0.2) is 5.82 Å². The van der Waals surface area contributed by atoms with Crippen molar-refractivity contribution in [1.29, 1.82) is 5.41 Å². The molecule has 2 heterocycles. The number of nitrogens with zero attached hydrogens (tertiary/aromatic N) is 3. The number of benzene rings is 2. The number of aromatic nitrogens is 3. The van der Waals surface area contributed by atoms with Gasteiger partial charge in [0.05, 0.1) is 16.8 Å². The molecule has 0 unspecified atom stereocenters. The van der Waals surface area contributed by atoms with E-state index in [1.54, 1.807) is 53.2 Å². The van der Waals surface area contributed by atoms with Crippen LogP contribution >= 0.6 is 24.2 Å². The van der Waals surface area contributed by atoms with Gasteiger partial charge >= 0.3 is 6.43 Å². The highest BCUT2D eigenvalue weighted by Gasteiger charge is 2.15. The Labute approximate surface area is 238 Å². The lowest BCUT2D eigenvalue weighted by Gasteiger charge is -2.14. The molecule has 0 aliphatic carbocycles. The molecular formula is C24H23ClF2N6O5S2. The lowest BCUT2D eigenvalue weighted by molar-refractivity contribution is -0.131. The minimum Gasteiger partial charge on any atom is -0.455 e. The van der Waals surface area contributed by atoms with Crippen LogP contribution in [0.15, 0.2) is 59.9 Å². The van der Waals surface area contributed by atoms with Crippen LogP contribution in [0.25, 0.3) is 11.0 Å². The van der Waals surface area contributed by atoms with E-state index in [-0.39, 0.29) is 13.1 Å². The Morgan fingerprint density at radius 1 is 1.25 bits per heavy atom. The van der Waals surface area contributed by atoms with Crippen LogP contribution in [0.2, 0.25) is 5.02 Å². The number of carbonyl (C=O) groups is 1. The topological polar surface area (TPSA) is 159 Å². The first kappa shape index (κ1) is 30.7. The number of thiol groups is 1. The summed E-state index contributed by atoms with van der Waals surface area (Å²) in [5, 5.41) is 13.3. The predicted molar refractivity (Wildman–Crippen MR) is 150 cm³/mol. The van der Waals surface area contributed by atoms with Crippen molar-refractivity contribution >= 4 is 69.0 Å². The summed E-state index contributed by atoms with van der Waals surface area (Å²) in [5.41, 5.74) is 2.43. The van der Waals surface area contributed by atoms with Crippen LogP contribution in [-0.4, -0.2) is 58.9 Å². The summed E-state index contributed by atoms with van der Waals surface area (Å²) in [4.78, 5) is 20.3. The number of alkyl halides is 2. The Morgan fingerprint density at radius 2 is 1.98 bits per heavy atom. The molecule has 2 aromatic carbocycles. The number of carbonyl (C=O) groups excluding carboxylic acids is 1. The van der Waals surface area contributed by atoms with Gasteiger partial charge in [-0.2, -0.15) is 17.2 Å². The zero-order chi connectivity index (χ0) is 29.4. The molecule has 16 heteroatoms. The van der Waals surface area contributed by atoms with Gasteiger partial charge in [-0.05, 0) is 36.4 Å². The number of nitrogens with one attached hydrogen (secondary N) is 3. The van der Waals surface area contributed by atoms with Crippen LogP contribution in [0.3, 0.4) is 0 Å². The average molecular weight is 613 g/mol. The second-order valence-electron chi connectivity index (χ2n) is 8.00. The predicted octanol–water partition coefficient (Wildman–Crippen LogP) is 4.79. The molecule has 4 rings (SSSR count). The van der Waals surface area contributed by atoms with Gasteiger partial charge < -0.3 is 25.3 Å². The van der Waals surface area contributed by atoms with Crippen LogP contribution in [0, 0.1) is 5.41 Å². The number of rotatable bonds is 9. The third-order valence-corrected chi connectivity index (χ3v) is 5.69. The molecule has 0 fully saturated rings. The molecule has 0 spiro atoms. The van der Waals surface area contributed by atoms with Crippen molar-refractivity contribution < 1.29 is 31.3 Å². The van der Waals surface area contributed by atoms with Gasteiger partial charge in [0, 0.05) is 41.6 Å². The third-order valence-electron chi connectivity index (χ3n) is 5.00. The normalized spacial score (nSPS) is 11.1. The molecule has 40 heavy (non-hydrogen) atoms. The molecule has 4 N–H and O–H groups in total. The Hall–Kier alpha value is -3.79. The van der Waals surface area contributed by atoms with Gasteiger partial charge in [-0.15, -0.1) is 12.6 Å². The van der Waals surface area contributed by atoms with Crippen LogP contribution in [0.4, 0.5) is 20.3 Å². The van der Waals surface area contributed by atoms with Crippen LogP contribution in [0.5, 0.6) is 11.5 Å². The maximum Gasteiger partial charge on any atom is 0.315 e. The number of hydrogen-bond donors (Lipinski definition) is 5. The van der Waals surface area contributed by atoms with Crippen molar-refractivity contribution in [3.8, 4) is 11.5 Å². The number of anilines is 2. The Morgan fingerprint density at radius 3 is 2.62 bits per heavy atom. The highest BCUT2D eigenvalue weighted by Crippen LogP contribution is 2.35. The minimum absolute atomic E-state index is 0.0182. The van der Waals surface area contributed by atoms with E-state index in [1.165, 1.54) is 6.33 Å². The fourth-order valence-electron chi connectivity index (χ4n) is 3.37. The van der Waals surface area contributed by atoms with Gasteiger partial charge in [0.25, 0.3) is 16.0 Å². The zero-order valence-corrected chi connectivity index (χ0v) is 23.1. The van der Waals surface area contributed by atoms with Gasteiger partial charge in [-0.25, -0.2) is 9.97 Å². The molecule has 2 aromatic heterocycles. The first-order valence-electron chi connectivity index (χ1n) is 11.2. The number of halogens is 3. The van der Waals surface area contributed by atoms with E-state index in [1.807, 2.05) is 0 Å². The summed E-state index contributed by atoms with van der Waals surface area (Å²) < 4.78 is 58.3. The smallest absolute Gasteiger partial charge is 0.315 e. The van der Waals surface area contributed by atoms with Crippen molar-refractivity contribution in [3.63, 3.8) is 0 Å². The molecule has 0 aliphatic rings. The molecule has 0 bridgehead atoms. The van der Waals surface area contributed by atoms with Crippen LogP contribution in [0.1, 0.15) is 5.56 Å². The van der Waals surface area contributed by atoms with Gasteiger partial charge in [-0.3, -0.25) is 9.35 Å². The summed E-state index contributed by atoms with van der Waals surface area (Å²) >= 11 is 10.8. The standard InChI is InChI=1S/C23H19ClF2N6O2S.CH4O3S/c24-15-10-13(4-5-18(15)34-17-2-1-3-19(35)14(17)11-27)31-22-20-16(29-12-30-22)6-8-32(20)9-7-28-23(33)21(25)26;1-5(2,3)4/h1-6,8,10-12,21,27,35H,7,9H2,(H,28,33)(H,29,30,31);1H3,(H,2,3,4). The van der Waals surface area contributed by atoms with Crippen molar-refractivity contribution in [2.24, 2.45) is 0 Å². The molecule has 4 aromatic rings. The van der Waals surface area contributed by atoms with Crippen molar-refractivity contribution in [1.82, 2.24) is 19.9 Å². The fraction of sp³-hybridized carbons (Fsp3) is 0.167. The summed E-state index contributed by atoms with van der Waals surface area (Å²) in [5.74, 6) is -0.00441. The quantitative estimate of drug-likeness (QED) is 0.102. The summed E-state index contributed by atoms with van der Waals surface area (Å²) in [7, 11) is -3.67. The van der Waals surface area contributed by atoms with E-state index in [2.05, 4.69) is 33.2 Å². The average Bonchev–Trinajstić information content (AvgIpc) is 3.29. The van der Waals surface area contributed by atoms with Crippen molar-refractivity contribution in [2.45, 2.75) is 17.9 Å². The van der Waals surface area contributed by atoms with E-state index in [4.69, 9.17) is 26.3 Å². The molecule has 0 saturated carbocycles. The second-order valence-corrected chi connectivity index (χ2v) is 10.4. The number of hydrogen-bond acceptors (Lipinski definition) is 9. The SMILES string of the molecule is CS(=O)(=O)O.N=Cc1c(S)cccc1Oc1ccc(Nc2ncnc3ccn(CCNC(=O)C(F)F)c23)cc1Cl. The summed E-state index contributed by atoms with van der Waals surface area (Å²) in [6.45, 7) is 0.265. The molecule has 11 nitrogen and oxygen atoms in total. The molecular weight excluding hydrogens is 590 g/mol. The molecule has 0 radical (unpaired) electrons. The minimum atomic E-state index is -3.67. The molecule has 212 valence electrons. The maximum atomic E-state index is 12.4. The number of fused-ring (bicyclic) bond motifs is 1. The Balaban J connectivity index is 0.000000810. The van der Waals surface area contributed by atoms with E-state index < -0.39 is 22.5 Å². The van der Waals surface area contributed by atoms with Crippen LogP contribution < -0.4 is 15.4 Å². The van der Waals surface area contributed by atoms with Gasteiger partial charge in [-0.1, -0.05) is 17.7 Å². The monoisotopic (exact) mass is 612 g/mol.